The predicted octanol–water partition coefficient (Wildman–Crippen LogP) is 1.47. The van der Waals surface area contributed by atoms with Crippen molar-refractivity contribution in [3.05, 3.63) is 29.8 Å². The summed E-state index contributed by atoms with van der Waals surface area (Å²) in [6.45, 7) is 7.52. The second kappa shape index (κ2) is 12.5. The molecule has 0 aliphatic rings. The number of hydrogen-bond donors (Lipinski definition) is 3. The summed E-state index contributed by atoms with van der Waals surface area (Å²) in [6, 6.07) is 7.85. The number of ether oxygens (including phenoxy) is 2. The van der Waals surface area contributed by atoms with Crippen LogP contribution in [-0.4, -0.2) is 75.6 Å². The number of nitrogens with one attached hydrogen (secondary N) is 2. The summed E-state index contributed by atoms with van der Waals surface area (Å²) in [5, 5.41) is 17.1. The highest BCUT2D eigenvalue weighted by molar-refractivity contribution is 5.79. The van der Waals surface area contributed by atoms with Gasteiger partial charge in [0, 0.05) is 32.8 Å². The highest BCUT2D eigenvalue weighted by Gasteiger charge is 2.21. The molecule has 0 spiro atoms. The molecule has 0 aliphatic heterocycles. The van der Waals surface area contributed by atoms with E-state index in [0.29, 0.717) is 32.2 Å². The molecule has 1 aromatic rings. The van der Waals surface area contributed by atoms with Crippen molar-refractivity contribution >= 4 is 5.96 Å². The molecule has 7 heteroatoms. The molecule has 0 fully saturated rings. The lowest BCUT2D eigenvalue weighted by molar-refractivity contribution is 0.0377. The molecule has 0 saturated heterocycles. The van der Waals surface area contributed by atoms with Crippen LogP contribution in [0.5, 0.6) is 5.75 Å². The number of guanidine groups is 1. The maximum atomic E-state index is 10.5. The van der Waals surface area contributed by atoms with Crippen molar-refractivity contribution in [3.63, 3.8) is 0 Å². The first-order chi connectivity index (χ1) is 12.9. The third-order valence-electron chi connectivity index (χ3n) is 3.83. The lowest BCUT2D eigenvalue weighted by Crippen LogP contribution is -2.50. The topological polar surface area (TPSA) is 78.3 Å². The maximum absolute atomic E-state index is 10.5. The van der Waals surface area contributed by atoms with E-state index in [-0.39, 0.29) is 0 Å². The fraction of sp³-hybridized carbons (Fsp3) is 0.650. The van der Waals surface area contributed by atoms with Gasteiger partial charge in [0.2, 0.25) is 0 Å². The molecule has 1 unspecified atom stereocenters. The van der Waals surface area contributed by atoms with Crippen LogP contribution in [0.3, 0.4) is 0 Å². The lowest BCUT2D eigenvalue weighted by Gasteiger charge is -2.28. The minimum absolute atomic E-state index is 0.408. The van der Waals surface area contributed by atoms with E-state index in [0.717, 1.165) is 30.9 Å². The molecule has 7 nitrogen and oxygen atoms in total. The van der Waals surface area contributed by atoms with Crippen LogP contribution in [0.4, 0.5) is 0 Å². The average Bonchev–Trinajstić information content (AvgIpc) is 2.62. The number of hydrogen-bond acceptors (Lipinski definition) is 5. The minimum atomic E-state index is -0.850. The van der Waals surface area contributed by atoms with Crippen LogP contribution in [0, 0.1) is 0 Å². The van der Waals surface area contributed by atoms with Gasteiger partial charge in [0.15, 0.2) is 5.96 Å². The molecule has 0 aliphatic carbocycles. The van der Waals surface area contributed by atoms with E-state index < -0.39 is 5.60 Å². The van der Waals surface area contributed by atoms with Crippen LogP contribution < -0.4 is 15.4 Å². The summed E-state index contributed by atoms with van der Waals surface area (Å²) >= 11 is 0. The van der Waals surface area contributed by atoms with Crippen LogP contribution in [0.2, 0.25) is 0 Å². The van der Waals surface area contributed by atoms with Gasteiger partial charge >= 0.3 is 0 Å². The fourth-order valence-electron chi connectivity index (χ4n) is 2.61. The summed E-state index contributed by atoms with van der Waals surface area (Å²) < 4.78 is 10.6. The quantitative estimate of drug-likeness (QED) is 0.290. The van der Waals surface area contributed by atoms with Gasteiger partial charge in [-0.25, -0.2) is 4.99 Å². The second-order valence-corrected chi connectivity index (χ2v) is 7.08. The van der Waals surface area contributed by atoms with Crippen molar-refractivity contribution in [2.75, 3.05) is 54.1 Å². The Morgan fingerprint density at radius 2 is 1.93 bits per heavy atom. The van der Waals surface area contributed by atoms with E-state index in [1.165, 1.54) is 0 Å². The molecule has 27 heavy (non-hydrogen) atoms. The number of rotatable bonds is 12. The van der Waals surface area contributed by atoms with Gasteiger partial charge in [-0.15, -0.1) is 0 Å². The van der Waals surface area contributed by atoms with Crippen molar-refractivity contribution in [2.45, 2.75) is 32.4 Å². The first kappa shape index (κ1) is 23.2. The third kappa shape index (κ3) is 10.8. The van der Waals surface area contributed by atoms with Crippen LogP contribution >= 0.6 is 0 Å². The SMILES string of the molecule is CCOCCCNC(=NCc1ccc(OC)cc1)NCC(C)(O)CN(C)C. The van der Waals surface area contributed by atoms with Gasteiger partial charge in [-0.05, 0) is 52.1 Å². The Labute approximate surface area is 163 Å². The Balaban J connectivity index is 2.64. The standard InChI is InChI=1S/C20H36N4O3/c1-6-27-13-7-12-21-19(23-15-20(2,25)16-24(3)4)22-14-17-8-10-18(26-5)11-9-17/h8-11,25H,6-7,12-16H2,1-5H3,(H2,21,22,23). The molecule has 0 heterocycles. The molecule has 1 rings (SSSR count). The number of likely N-dealkylation sites (N-methyl/N-ethyl adjacent to an activating group) is 1. The van der Waals surface area contributed by atoms with E-state index in [1.54, 1.807) is 7.11 Å². The van der Waals surface area contributed by atoms with Crippen LogP contribution in [0.15, 0.2) is 29.3 Å². The molecule has 0 aromatic heterocycles. The third-order valence-corrected chi connectivity index (χ3v) is 3.83. The van der Waals surface area contributed by atoms with Crippen LogP contribution in [0.25, 0.3) is 0 Å². The second-order valence-electron chi connectivity index (χ2n) is 7.08. The molecule has 0 bridgehead atoms. The smallest absolute Gasteiger partial charge is 0.191 e. The number of aliphatic hydroxyl groups is 1. The number of benzene rings is 1. The zero-order valence-electron chi connectivity index (χ0n) is 17.4. The van der Waals surface area contributed by atoms with Crippen molar-refractivity contribution in [3.8, 4) is 5.75 Å². The largest absolute Gasteiger partial charge is 0.497 e. The van der Waals surface area contributed by atoms with Crippen molar-refractivity contribution in [1.82, 2.24) is 15.5 Å². The highest BCUT2D eigenvalue weighted by Crippen LogP contribution is 2.11. The summed E-state index contributed by atoms with van der Waals surface area (Å²) in [5.41, 5.74) is 0.239. The Bertz CT molecular complexity index is 545. The van der Waals surface area contributed by atoms with E-state index in [4.69, 9.17) is 9.47 Å². The van der Waals surface area contributed by atoms with Gasteiger partial charge in [-0.2, -0.15) is 0 Å². The molecule has 0 saturated carbocycles. The monoisotopic (exact) mass is 380 g/mol. The number of nitrogens with zero attached hydrogens (tertiary/aromatic N) is 2. The van der Waals surface area contributed by atoms with E-state index in [9.17, 15) is 5.11 Å². The van der Waals surface area contributed by atoms with Crippen molar-refractivity contribution in [1.29, 1.82) is 0 Å². The Hall–Kier alpha value is -1.83. The average molecular weight is 381 g/mol. The summed E-state index contributed by atoms with van der Waals surface area (Å²) in [4.78, 5) is 6.60. The van der Waals surface area contributed by atoms with E-state index in [2.05, 4.69) is 15.6 Å². The Kier molecular flexibility index (Phi) is 10.8. The number of methoxy groups -OCH3 is 1. The first-order valence-corrected chi connectivity index (χ1v) is 9.46. The van der Waals surface area contributed by atoms with Crippen molar-refractivity contribution in [2.24, 2.45) is 4.99 Å². The van der Waals surface area contributed by atoms with Gasteiger partial charge in [0.05, 0.1) is 19.3 Å². The first-order valence-electron chi connectivity index (χ1n) is 9.46. The Morgan fingerprint density at radius 1 is 1.22 bits per heavy atom. The predicted molar refractivity (Wildman–Crippen MR) is 110 cm³/mol. The highest BCUT2D eigenvalue weighted by atomic mass is 16.5. The fourth-order valence-corrected chi connectivity index (χ4v) is 2.61. The van der Waals surface area contributed by atoms with Gasteiger partial charge in [-0.3, -0.25) is 0 Å². The van der Waals surface area contributed by atoms with Crippen LogP contribution in [-0.2, 0) is 11.3 Å². The van der Waals surface area contributed by atoms with Gasteiger partial charge < -0.3 is 30.1 Å². The lowest BCUT2D eigenvalue weighted by atomic mass is 10.1. The molecule has 154 valence electrons. The summed E-state index contributed by atoms with van der Waals surface area (Å²) in [6.07, 6.45) is 0.894. The molecular weight excluding hydrogens is 344 g/mol. The van der Waals surface area contributed by atoms with Gasteiger partial charge in [0.1, 0.15) is 5.75 Å². The normalized spacial score (nSPS) is 14.1. The molecule has 1 aromatic carbocycles. The van der Waals surface area contributed by atoms with E-state index in [1.807, 2.05) is 57.1 Å². The van der Waals surface area contributed by atoms with Gasteiger partial charge in [-0.1, -0.05) is 12.1 Å². The Morgan fingerprint density at radius 3 is 2.52 bits per heavy atom. The molecule has 0 radical (unpaired) electrons. The minimum Gasteiger partial charge on any atom is -0.497 e. The van der Waals surface area contributed by atoms with Crippen LogP contribution in [0.1, 0.15) is 25.8 Å². The maximum Gasteiger partial charge on any atom is 0.191 e. The van der Waals surface area contributed by atoms with E-state index >= 15 is 0 Å². The summed E-state index contributed by atoms with van der Waals surface area (Å²) in [5.74, 6) is 1.51. The summed E-state index contributed by atoms with van der Waals surface area (Å²) in [7, 11) is 5.54. The number of aliphatic imine (C=N–C) groups is 1. The molecule has 1 atom stereocenters. The molecule has 0 amide bonds. The zero-order valence-corrected chi connectivity index (χ0v) is 17.4. The zero-order chi connectivity index (χ0) is 20.1. The molecular formula is C20H36N4O3. The van der Waals surface area contributed by atoms with Crippen molar-refractivity contribution < 1.29 is 14.6 Å². The van der Waals surface area contributed by atoms with Gasteiger partial charge in [0.25, 0.3) is 0 Å². The molecule has 3 N–H and O–H groups in total.